The maximum Gasteiger partial charge on any atom is 0.142 e. The van der Waals surface area contributed by atoms with Crippen molar-refractivity contribution in [3.05, 3.63) is 17.0 Å². The van der Waals surface area contributed by atoms with Gasteiger partial charge in [-0.25, -0.2) is 4.99 Å². The summed E-state index contributed by atoms with van der Waals surface area (Å²) in [5, 5.41) is 3.57. The highest BCUT2D eigenvalue weighted by atomic mass is 15.1. The number of nitrogens with one attached hydrogen (secondary N) is 2. The molecule has 146 valence electrons. The van der Waals surface area contributed by atoms with Gasteiger partial charge in [-0.3, -0.25) is 0 Å². The number of aromatic nitrogens is 1. The van der Waals surface area contributed by atoms with Crippen molar-refractivity contribution in [1.29, 1.82) is 0 Å². The van der Waals surface area contributed by atoms with Crippen LogP contribution >= 0.6 is 0 Å². The summed E-state index contributed by atoms with van der Waals surface area (Å²) in [6.07, 6.45) is 12.3. The number of amidine groups is 1. The molecule has 1 saturated heterocycles. The number of fused-ring (bicyclic) bond motifs is 1. The highest BCUT2D eigenvalue weighted by molar-refractivity contribution is 5.98. The molecular formula is C21H37N5. The molecule has 3 rings (SSSR count). The topological polar surface area (TPSA) is 69.4 Å². The van der Waals surface area contributed by atoms with Gasteiger partial charge in [-0.15, -0.1) is 0 Å². The molecule has 1 unspecified atom stereocenters. The van der Waals surface area contributed by atoms with Crippen molar-refractivity contribution in [3.63, 3.8) is 0 Å². The number of nitrogens with two attached hydrogens (primary N) is 1. The highest BCUT2D eigenvalue weighted by Gasteiger charge is 2.24. The molecule has 5 nitrogen and oxygen atoms in total. The maximum atomic E-state index is 6.28. The Balaban J connectivity index is 1.47. The van der Waals surface area contributed by atoms with Crippen molar-refractivity contribution in [2.75, 3.05) is 25.0 Å². The number of rotatable bonds is 10. The summed E-state index contributed by atoms with van der Waals surface area (Å²) in [4.78, 5) is 10.7. The molecule has 2 aliphatic heterocycles. The minimum absolute atomic E-state index is 0.244. The monoisotopic (exact) mass is 359 g/mol. The molecule has 1 aromatic rings. The van der Waals surface area contributed by atoms with Gasteiger partial charge in [-0.05, 0) is 70.6 Å². The summed E-state index contributed by atoms with van der Waals surface area (Å²) in [6.45, 7) is 8.32. The summed E-state index contributed by atoms with van der Waals surface area (Å²) in [7, 11) is 0. The Kier molecular flexibility index (Phi) is 7.15. The largest absolute Gasteiger partial charge is 0.358 e. The fourth-order valence-electron chi connectivity index (χ4n) is 4.24. The van der Waals surface area contributed by atoms with Crippen molar-refractivity contribution < 1.29 is 0 Å². The van der Waals surface area contributed by atoms with Gasteiger partial charge in [-0.1, -0.05) is 26.2 Å². The Hall–Kier alpha value is -1.33. The van der Waals surface area contributed by atoms with Crippen molar-refractivity contribution in [1.82, 2.24) is 9.88 Å². The van der Waals surface area contributed by atoms with Gasteiger partial charge in [0.05, 0.1) is 11.4 Å². The lowest BCUT2D eigenvalue weighted by Crippen LogP contribution is -2.24. The molecule has 0 spiro atoms. The third kappa shape index (κ3) is 4.89. The molecule has 3 heterocycles. The Labute approximate surface area is 158 Å². The predicted molar refractivity (Wildman–Crippen MR) is 111 cm³/mol. The van der Waals surface area contributed by atoms with E-state index in [1.807, 2.05) is 0 Å². The Bertz CT molecular complexity index is 598. The first kappa shape index (κ1) is 19.4. The SMILES string of the molecule is CCCCC1=NC(N)c2[nH]c(C)c(CCCCCCN3CCCC3)c2N1. The van der Waals surface area contributed by atoms with Crippen molar-refractivity contribution >= 4 is 11.5 Å². The zero-order valence-electron chi connectivity index (χ0n) is 16.7. The van der Waals surface area contributed by atoms with Crippen LogP contribution in [0.5, 0.6) is 0 Å². The number of unbranched alkanes of at least 4 members (excludes halogenated alkanes) is 4. The van der Waals surface area contributed by atoms with E-state index in [4.69, 9.17) is 5.73 Å². The Morgan fingerprint density at radius 3 is 2.62 bits per heavy atom. The van der Waals surface area contributed by atoms with Gasteiger partial charge in [0.15, 0.2) is 0 Å². The number of anilines is 1. The zero-order chi connectivity index (χ0) is 18.4. The molecule has 1 atom stereocenters. The standard InChI is InChI=1S/C21H37N5/c1-3-4-12-18-24-19-17(16(2)23-20(19)21(22)25-18)11-7-5-6-8-13-26-14-9-10-15-26/h21,23H,3-15,22H2,1-2H3,(H,24,25). The van der Waals surface area contributed by atoms with E-state index in [-0.39, 0.29) is 6.17 Å². The molecule has 0 bridgehead atoms. The quantitative estimate of drug-likeness (QED) is 0.539. The number of hydrogen-bond donors (Lipinski definition) is 3. The van der Waals surface area contributed by atoms with E-state index in [9.17, 15) is 0 Å². The molecule has 0 aliphatic carbocycles. The second-order valence-corrected chi connectivity index (χ2v) is 7.98. The van der Waals surface area contributed by atoms with Gasteiger partial charge in [-0.2, -0.15) is 0 Å². The first-order valence-electron chi connectivity index (χ1n) is 10.7. The number of hydrogen-bond acceptors (Lipinski definition) is 4. The van der Waals surface area contributed by atoms with Gasteiger partial charge in [0.2, 0.25) is 0 Å². The number of aryl methyl sites for hydroxylation is 1. The molecule has 26 heavy (non-hydrogen) atoms. The minimum atomic E-state index is -0.244. The van der Waals surface area contributed by atoms with E-state index in [1.54, 1.807) is 0 Å². The van der Waals surface area contributed by atoms with Crippen LogP contribution in [0.1, 0.15) is 87.8 Å². The van der Waals surface area contributed by atoms with Gasteiger partial charge < -0.3 is 20.9 Å². The zero-order valence-corrected chi connectivity index (χ0v) is 16.7. The number of H-pyrrole nitrogens is 1. The van der Waals surface area contributed by atoms with Crippen LogP contribution in [0.4, 0.5) is 5.69 Å². The lowest BCUT2D eigenvalue weighted by Gasteiger charge is -2.21. The van der Waals surface area contributed by atoms with E-state index >= 15 is 0 Å². The molecule has 2 aliphatic rings. The van der Waals surface area contributed by atoms with Crippen LogP contribution in [0.15, 0.2) is 4.99 Å². The van der Waals surface area contributed by atoms with Gasteiger partial charge in [0, 0.05) is 12.1 Å². The second kappa shape index (κ2) is 9.56. The van der Waals surface area contributed by atoms with Crippen LogP contribution in [-0.2, 0) is 6.42 Å². The second-order valence-electron chi connectivity index (χ2n) is 7.98. The van der Waals surface area contributed by atoms with Crippen LogP contribution in [0.25, 0.3) is 0 Å². The third-order valence-corrected chi connectivity index (χ3v) is 5.82. The van der Waals surface area contributed by atoms with Crippen LogP contribution in [-0.4, -0.2) is 35.4 Å². The van der Waals surface area contributed by atoms with E-state index in [0.717, 1.165) is 30.8 Å². The number of aromatic amines is 1. The van der Waals surface area contributed by atoms with Gasteiger partial charge >= 0.3 is 0 Å². The van der Waals surface area contributed by atoms with E-state index in [2.05, 4.69) is 34.0 Å². The number of nitrogens with zero attached hydrogens (tertiary/aromatic N) is 2. The first-order valence-corrected chi connectivity index (χ1v) is 10.7. The lowest BCUT2D eigenvalue weighted by molar-refractivity contribution is 0.328. The van der Waals surface area contributed by atoms with E-state index < -0.39 is 0 Å². The normalized spacial score (nSPS) is 20.1. The van der Waals surface area contributed by atoms with Crippen LogP contribution in [0.2, 0.25) is 0 Å². The summed E-state index contributed by atoms with van der Waals surface area (Å²) in [6, 6.07) is 0. The molecule has 0 radical (unpaired) electrons. The average Bonchev–Trinajstić information content (AvgIpc) is 3.25. The van der Waals surface area contributed by atoms with Crippen molar-refractivity contribution in [2.45, 2.75) is 84.2 Å². The Morgan fingerprint density at radius 1 is 1.08 bits per heavy atom. The smallest absolute Gasteiger partial charge is 0.142 e. The third-order valence-electron chi connectivity index (χ3n) is 5.82. The summed E-state index contributed by atoms with van der Waals surface area (Å²) < 4.78 is 0. The first-order chi connectivity index (χ1) is 12.7. The molecule has 5 heteroatoms. The number of likely N-dealkylation sites (tertiary alicyclic amines) is 1. The van der Waals surface area contributed by atoms with Gasteiger partial charge in [0.25, 0.3) is 0 Å². The molecule has 0 aromatic carbocycles. The van der Waals surface area contributed by atoms with Crippen LogP contribution in [0.3, 0.4) is 0 Å². The lowest BCUT2D eigenvalue weighted by atomic mass is 10.0. The molecule has 0 amide bonds. The fraction of sp³-hybridized carbons (Fsp3) is 0.762. The van der Waals surface area contributed by atoms with Crippen LogP contribution in [0, 0.1) is 6.92 Å². The van der Waals surface area contributed by atoms with Crippen LogP contribution < -0.4 is 11.1 Å². The molecule has 1 aromatic heterocycles. The molecule has 1 fully saturated rings. The molecule has 4 N–H and O–H groups in total. The predicted octanol–water partition coefficient (Wildman–Crippen LogP) is 4.49. The fourth-order valence-corrected chi connectivity index (χ4v) is 4.24. The number of aliphatic imine (C=N–C) groups is 1. The Morgan fingerprint density at radius 2 is 1.85 bits per heavy atom. The average molecular weight is 360 g/mol. The van der Waals surface area contributed by atoms with E-state index in [1.165, 1.54) is 81.5 Å². The molecule has 0 saturated carbocycles. The van der Waals surface area contributed by atoms with E-state index in [0.29, 0.717) is 0 Å². The molecular weight excluding hydrogens is 322 g/mol. The van der Waals surface area contributed by atoms with Crippen molar-refractivity contribution in [2.24, 2.45) is 10.7 Å². The minimum Gasteiger partial charge on any atom is -0.358 e. The highest BCUT2D eigenvalue weighted by Crippen LogP contribution is 2.33. The summed E-state index contributed by atoms with van der Waals surface area (Å²) >= 11 is 0. The maximum absolute atomic E-state index is 6.28. The summed E-state index contributed by atoms with van der Waals surface area (Å²) in [5.74, 6) is 1.05. The van der Waals surface area contributed by atoms with Gasteiger partial charge in [0.1, 0.15) is 12.0 Å². The van der Waals surface area contributed by atoms with Crippen molar-refractivity contribution in [3.8, 4) is 0 Å². The summed E-state index contributed by atoms with van der Waals surface area (Å²) in [5.41, 5.74) is 11.2.